The van der Waals surface area contributed by atoms with Gasteiger partial charge in [-0.05, 0) is 25.2 Å². The van der Waals surface area contributed by atoms with E-state index in [-0.39, 0.29) is 15.9 Å². The number of hydrogen-bond acceptors (Lipinski definition) is 5. The molecule has 0 saturated carbocycles. The van der Waals surface area contributed by atoms with Gasteiger partial charge < -0.3 is 4.90 Å². The van der Waals surface area contributed by atoms with Crippen molar-refractivity contribution < 1.29 is 9.72 Å². The molecule has 82 valence electrons. The summed E-state index contributed by atoms with van der Waals surface area (Å²) in [4.78, 5) is 26.9. The Labute approximate surface area is 90.7 Å². The molecule has 0 unspecified atom stereocenters. The van der Waals surface area contributed by atoms with Crippen LogP contribution < -0.4 is 0 Å². The van der Waals surface area contributed by atoms with Crippen LogP contribution >= 0.6 is 11.3 Å². The zero-order valence-electron chi connectivity index (χ0n) is 8.47. The highest BCUT2D eigenvalue weighted by Crippen LogP contribution is 2.21. The van der Waals surface area contributed by atoms with Gasteiger partial charge in [-0.15, -0.1) is 0 Å². The third-order valence-corrected chi connectivity index (χ3v) is 2.84. The third-order valence-electron chi connectivity index (χ3n) is 1.91. The summed E-state index contributed by atoms with van der Waals surface area (Å²) in [6.45, 7) is 4.85. The molecule has 1 rings (SSSR count). The molecule has 1 heterocycles. The van der Waals surface area contributed by atoms with Crippen molar-refractivity contribution in [2.75, 3.05) is 13.1 Å². The third kappa shape index (κ3) is 2.50. The van der Waals surface area contributed by atoms with Crippen LogP contribution in [0.2, 0.25) is 0 Å². The Hall–Kier alpha value is -1.50. The second-order valence-corrected chi connectivity index (χ2v) is 3.75. The van der Waals surface area contributed by atoms with Crippen molar-refractivity contribution in [1.82, 2.24) is 9.88 Å². The molecular formula is C8H11N3O3S. The predicted octanol–water partition coefficient (Wildman–Crippen LogP) is 1.53. The molecule has 7 heteroatoms. The average molecular weight is 229 g/mol. The van der Waals surface area contributed by atoms with Crippen molar-refractivity contribution in [2.24, 2.45) is 0 Å². The Bertz CT molecular complexity index is 373. The van der Waals surface area contributed by atoms with Crippen LogP contribution in [0, 0.1) is 10.1 Å². The summed E-state index contributed by atoms with van der Waals surface area (Å²) in [6.07, 6.45) is 1.11. The lowest BCUT2D eigenvalue weighted by Gasteiger charge is -2.16. The van der Waals surface area contributed by atoms with E-state index in [0.717, 1.165) is 17.5 Å². The van der Waals surface area contributed by atoms with Gasteiger partial charge in [-0.1, -0.05) is 0 Å². The zero-order valence-corrected chi connectivity index (χ0v) is 9.28. The molecule has 0 aromatic carbocycles. The molecule has 1 aromatic rings. The first-order valence-electron chi connectivity index (χ1n) is 4.49. The fraction of sp³-hybridized carbons (Fsp3) is 0.500. The summed E-state index contributed by atoms with van der Waals surface area (Å²) in [7, 11) is 0. The molecule has 0 aliphatic heterocycles. The van der Waals surface area contributed by atoms with E-state index in [1.165, 1.54) is 0 Å². The van der Waals surface area contributed by atoms with Gasteiger partial charge in [-0.2, -0.15) is 0 Å². The van der Waals surface area contributed by atoms with Crippen LogP contribution in [0.25, 0.3) is 0 Å². The molecule has 1 amide bonds. The minimum absolute atomic E-state index is 0.106. The fourth-order valence-corrected chi connectivity index (χ4v) is 1.79. The van der Waals surface area contributed by atoms with Gasteiger partial charge in [0, 0.05) is 13.1 Å². The van der Waals surface area contributed by atoms with Crippen molar-refractivity contribution in [3.05, 3.63) is 21.3 Å². The van der Waals surface area contributed by atoms with Gasteiger partial charge in [0.05, 0.1) is 4.92 Å². The molecule has 0 aliphatic rings. The molecule has 0 atom stereocenters. The quantitative estimate of drug-likeness (QED) is 0.579. The fourth-order valence-electron chi connectivity index (χ4n) is 1.09. The first kappa shape index (κ1) is 11.6. The summed E-state index contributed by atoms with van der Waals surface area (Å²) in [5.41, 5.74) is 0. The van der Waals surface area contributed by atoms with Gasteiger partial charge in [0.1, 0.15) is 6.20 Å². The number of aromatic nitrogens is 1. The van der Waals surface area contributed by atoms with Gasteiger partial charge in [-0.3, -0.25) is 14.9 Å². The number of carbonyl (C=O) groups excluding carboxylic acids is 1. The van der Waals surface area contributed by atoms with Crippen molar-refractivity contribution in [2.45, 2.75) is 13.8 Å². The Kier molecular flexibility index (Phi) is 3.73. The number of nitrogens with zero attached hydrogens (tertiary/aromatic N) is 3. The van der Waals surface area contributed by atoms with Crippen LogP contribution in [-0.4, -0.2) is 33.8 Å². The normalized spacial score (nSPS) is 10.0. The van der Waals surface area contributed by atoms with Crippen molar-refractivity contribution in [1.29, 1.82) is 0 Å². The monoisotopic (exact) mass is 229 g/mol. The van der Waals surface area contributed by atoms with E-state index in [2.05, 4.69) is 4.98 Å². The molecule has 0 N–H and O–H groups in total. The average Bonchev–Trinajstić information content (AvgIpc) is 2.68. The summed E-state index contributed by atoms with van der Waals surface area (Å²) in [5.74, 6) is -0.252. The molecule has 0 saturated heterocycles. The number of rotatable bonds is 4. The van der Waals surface area contributed by atoms with E-state index in [9.17, 15) is 14.9 Å². The smallest absolute Gasteiger partial charge is 0.337 e. The lowest BCUT2D eigenvalue weighted by Crippen LogP contribution is -2.30. The molecule has 0 bridgehead atoms. The standard InChI is InChI=1S/C8H11N3O3S/c1-3-10(4-2)8(12)7-9-5-6(15-7)11(13)14/h5H,3-4H2,1-2H3. The van der Waals surface area contributed by atoms with Crippen molar-refractivity contribution in [3.63, 3.8) is 0 Å². The lowest BCUT2D eigenvalue weighted by molar-refractivity contribution is -0.380. The van der Waals surface area contributed by atoms with E-state index >= 15 is 0 Å². The number of nitro groups is 1. The molecular weight excluding hydrogens is 218 g/mol. The number of thiazole rings is 1. The van der Waals surface area contributed by atoms with Gasteiger partial charge in [0.25, 0.3) is 5.91 Å². The Balaban J connectivity index is 2.86. The van der Waals surface area contributed by atoms with Gasteiger partial charge >= 0.3 is 5.00 Å². The first-order valence-corrected chi connectivity index (χ1v) is 5.31. The molecule has 1 aromatic heterocycles. The number of amides is 1. The maximum atomic E-state index is 11.7. The SMILES string of the molecule is CCN(CC)C(=O)c1ncc([N+](=O)[O-])s1. The van der Waals surface area contributed by atoms with Gasteiger partial charge in [-0.25, -0.2) is 4.98 Å². The van der Waals surface area contributed by atoms with Gasteiger partial charge in [0.2, 0.25) is 0 Å². The van der Waals surface area contributed by atoms with Crippen LogP contribution in [0.15, 0.2) is 6.20 Å². The van der Waals surface area contributed by atoms with Crippen LogP contribution in [-0.2, 0) is 0 Å². The van der Waals surface area contributed by atoms with E-state index in [4.69, 9.17) is 0 Å². The van der Waals surface area contributed by atoms with Crippen LogP contribution in [0.1, 0.15) is 23.6 Å². The molecule has 0 fully saturated rings. The summed E-state index contributed by atoms with van der Waals surface area (Å²) in [6, 6.07) is 0. The highest BCUT2D eigenvalue weighted by atomic mass is 32.1. The molecule has 6 nitrogen and oxygen atoms in total. The van der Waals surface area contributed by atoms with Crippen LogP contribution in [0.4, 0.5) is 5.00 Å². The van der Waals surface area contributed by atoms with E-state index < -0.39 is 4.92 Å². The highest BCUT2D eigenvalue weighted by molar-refractivity contribution is 7.16. The molecule has 0 spiro atoms. The summed E-state index contributed by atoms with van der Waals surface area (Å²) >= 11 is 0.807. The topological polar surface area (TPSA) is 76.3 Å². The molecule has 15 heavy (non-hydrogen) atoms. The van der Waals surface area contributed by atoms with Crippen LogP contribution in [0.3, 0.4) is 0 Å². The highest BCUT2D eigenvalue weighted by Gasteiger charge is 2.20. The van der Waals surface area contributed by atoms with E-state index in [1.807, 2.05) is 13.8 Å². The maximum absolute atomic E-state index is 11.7. The maximum Gasteiger partial charge on any atom is 0.344 e. The Morgan fingerprint density at radius 1 is 1.60 bits per heavy atom. The minimum atomic E-state index is -0.545. The summed E-state index contributed by atoms with van der Waals surface area (Å²) < 4.78 is 0. The second-order valence-electron chi connectivity index (χ2n) is 2.74. The van der Waals surface area contributed by atoms with E-state index in [1.54, 1.807) is 4.90 Å². The zero-order chi connectivity index (χ0) is 11.4. The lowest BCUT2D eigenvalue weighted by atomic mass is 10.4. The Morgan fingerprint density at radius 3 is 2.60 bits per heavy atom. The minimum Gasteiger partial charge on any atom is -0.337 e. The molecule has 0 radical (unpaired) electrons. The first-order chi connectivity index (χ1) is 7.10. The Morgan fingerprint density at radius 2 is 2.20 bits per heavy atom. The van der Waals surface area contributed by atoms with Crippen molar-refractivity contribution >= 4 is 22.2 Å². The van der Waals surface area contributed by atoms with Gasteiger partial charge in [0.15, 0.2) is 5.01 Å². The summed E-state index contributed by atoms with van der Waals surface area (Å²) in [5, 5.41) is 10.5. The predicted molar refractivity (Wildman–Crippen MR) is 56.0 cm³/mol. The largest absolute Gasteiger partial charge is 0.344 e. The van der Waals surface area contributed by atoms with Crippen LogP contribution in [0.5, 0.6) is 0 Å². The van der Waals surface area contributed by atoms with E-state index in [0.29, 0.717) is 13.1 Å². The second kappa shape index (κ2) is 4.83. The number of carbonyl (C=O) groups is 1. The number of hydrogen-bond donors (Lipinski definition) is 0. The van der Waals surface area contributed by atoms with Crippen molar-refractivity contribution in [3.8, 4) is 0 Å². The molecule has 0 aliphatic carbocycles.